The summed E-state index contributed by atoms with van der Waals surface area (Å²) in [6.07, 6.45) is 1.92. The van der Waals surface area contributed by atoms with Crippen LogP contribution < -0.4 is 10.5 Å². The molecule has 1 aromatic carbocycles. The van der Waals surface area contributed by atoms with Crippen molar-refractivity contribution < 1.29 is 9.13 Å². The molecule has 4 heteroatoms. The second-order valence-corrected chi connectivity index (χ2v) is 4.22. The number of benzene rings is 1. The van der Waals surface area contributed by atoms with Crippen LogP contribution in [0.15, 0.2) is 16.6 Å². The van der Waals surface area contributed by atoms with E-state index in [4.69, 9.17) is 10.5 Å². The SMILES string of the molecule is CCC(CC)Oc1c(N)cc(F)cc1Br. The third-order valence-corrected chi connectivity index (χ3v) is 2.82. The molecule has 0 aromatic heterocycles. The van der Waals surface area contributed by atoms with Gasteiger partial charge in [0.25, 0.3) is 0 Å². The molecule has 2 nitrogen and oxygen atoms in total. The molecule has 0 atom stereocenters. The molecule has 0 aliphatic rings. The first-order chi connectivity index (χ1) is 7.08. The zero-order valence-electron chi connectivity index (χ0n) is 8.89. The summed E-state index contributed by atoms with van der Waals surface area (Å²) in [5.74, 6) is 0.168. The number of hydrogen-bond acceptors (Lipinski definition) is 2. The van der Waals surface area contributed by atoms with Gasteiger partial charge in [-0.2, -0.15) is 0 Å². The summed E-state index contributed by atoms with van der Waals surface area (Å²) in [7, 11) is 0. The molecule has 2 N–H and O–H groups in total. The van der Waals surface area contributed by atoms with Crippen LogP contribution in [0.2, 0.25) is 0 Å². The zero-order valence-corrected chi connectivity index (χ0v) is 10.5. The molecule has 0 amide bonds. The van der Waals surface area contributed by atoms with Gasteiger partial charge in [0.05, 0.1) is 16.3 Å². The largest absolute Gasteiger partial charge is 0.487 e. The Balaban J connectivity index is 2.94. The normalized spacial score (nSPS) is 10.7. The zero-order chi connectivity index (χ0) is 11.4. The van der Waals surface area contributed by atoms with Gasteiger partial charge < -0.3 is 10.5 Å². The van der Waals surface area contributed by atoms with Gasteiger partial charge in [-0.3, -0.25) is 0 Å². The number of anilines is 1. The Morgan fingerprint density at radius 3 is 2.47 bits per heavy atom. The van der Waals surface area contributed by atoms with E-state index >= 15 is 0 Å². The van der Waals surface area contributed by atoms with Crippen molar-refractivity contribution in [2.75, 3.05) is 5.73 Å². The molecule has 0 aliphatic carbocycles. The average molecular weight is 276 g/mol. The standard InChI is InChI=1S/C11H15BrFNO/c1-3-8(4-2)15-11-9(12)5-7(13)6-10(11)14/h5-6,8H,3-4,14H2,1-2H3. The highest BCUT2D eigenvalue weighted by Crippen LogP contribution is 2.33. The van der Waals surface area contributed by atoms with Gasteiger partial charge in [-0.1, -0.05) is 13.8 Å². The van der Waals surface area contributed by atoms with Crippen LogP contribution in [0.25, 0.3) is 0 Å². The van der Waals surface area contributed by atoms with Gasteiger partial charge in [-0.15, -0.1) is 0 Å². The lowest BCUT2D eigenvalue weighted by molar-refractivity contribution is 0.192. The van der Waals surface area contributed by atoms with E-state index in [1.165, 1.54) is 12.1 Å². The number of ether oxygens (including phenoxy) is 1. The van der Waals surface area contributed by atoms with E-state index in [2.05, 4.69) is 15.9 Å². The Kier molecular flexibility index (Phi) is 4.39. The summed E-state index contributed by atoms with van der Waals surface area (Å²) in [6.45, 7) is 4.09. The highest BCUT2D eigenvalue weighted by molar-refractivity contribution is 9.10. The lowest BCUT2D eigenvalue weighted by atomic mass is 10.2. The first kappa shape index (κ1) is 12.3. The van der Waals surface area contributed by atoms with Crippen LogP contribution in [0, 0.1) is 5.82 Å². The predicted octanol–water partition coefficient (Wildman–Crippen LogP) is 3.74. The third kappa shape index (κ3) is 3.09. The van der Waals surface area contributed by atoms with Gasteiger partial charge in [0, 0.05) is 6.07 Å². The number of halogens is 2. The smallest absolute Gasteiger partial charge is 0.156 e. The Morgan fingerprint density at radius 2 is 2.00 bits per heavy atom. The van der Waals surface area contributed by atoms with Crippen LogP contribution in [-0.4, -0.2) is 6.10 Å². The van der Waals surface area contributed by atoms with Crippen LogP contribution >= 0.6 is 15.9 Å². The molecule has 15 heavy (non-hydrogen) atoms. The summed E-state index contributed by atoms with van der Waals surface area (Å²) >= 11 is 3.24. The molecule has 1 aromatic rings. The van der Waals surface area contributed by atoms with Gasteiger partial charge in [0.1, 0.15) is 5.82 Å². The minimum absolute atomic E-state index is 0.120. The van der Waals surface area contributed by atoms with Crippen molar-refractivity contribution in [2.45, 2.75) is 32.8 Å². The van der Waals surface area contributed by atoms with E-state index in [9.17, 15) is 4.39 Å². The molecule has 0 saturated heterocycles. The molecule has 0 bridgehead atoms. The van der Waals surface area contributed by atoms with Crippen LogP contribution in [0.3, 0.4) is 0 Å². The van der Waals surface area contributed by atoms with Gasteiger partial charge in [0.2, 0.25) is 0 Å². The first-order valence-electron chi connectivity index (χ1n) is 4.99. The van der Waals surface area contributed by atoms with Crippen molar-refractivity contribution in [2.24, 2.45) is 0 Å². The minimum Gasteiger partial charge on any atom is -0.487 e. The van der Waals surface area contributed by atoms with E-state index < -0.39 is 0 Å². The minimum atomic E-state index is -0.365. The highest BCUT2D eigenvalue weighted by atomic mass is 79.9. The van der Waals surface area contributed by atoms with E-state index in [0.29, 0.717) is 15.9 Å². The Labute approximate surface area is 97.7 Å². The molecule has 0 fully saturated rings. The maximum absolute atomic E-state index is 12.9. The monoisotopic (exact) mass is 275 g/mol. The second-order valence-electron chi connectivity index (χ2n) is 3.36. The van der Waals surface area contributed by atoms with Gasteiger partial charge in [0.15, 0.2) is 5.75 Å². The van der Waals surface area contributed by atoms with Crippen LogP contribution in [0.5, 0.6) is 5.75 Å². The molecular weight excluding hydrogens is 261 g/mol. The molecule has 0 heterocycles. The van der Waals surface area contributed by atoms with Crippen LogP contribution in [0.1, 0.15) is 26.7 Å². The third-order valence-electron chi connectivity index (χ3n) is 2.23. The molecule has 1 rings (SSSR count). The number of nitrogens with two attached hydrogens (primary N) is 1. The van der Waals surface area contributed by atoms with E-state index in [1.807, 2.05) is 13.8 Å². The van der Waals surface area contributed by atoms with Crippen molar-refractivity contribution in [3.63, 3.8) is 0 Å². The fourth-order valence-electron chi connectivity index (χ4n) is 1.33. The molecule has 0 radical (unpaired) electrons. The van der Waals surface area contributed by atoms with Crippen molar-refractivity contribution in [1.82, 2.24) is 0 Å². The Morgan fingerprint density at radius 1 is 1.40 bits per heavy atom. The molecule has 0 unspecified atom stereocenters. The average Bonchev–Trinajstić information content (AvgIpc) is 2.17. The van der Waals surface area contributed by atoms with Crippen molar-refractivity contribution in [3.8, 4) is 5.75 Å². The van der Waals surface area contributed by atoms with Crippen molar-refractivity contribution >= 4 is 21.6 Å². The van der Waals surface area contributed by atoms with Crippen LogP contribution in [-0.2, 0) is 0 Å². The lowest BCUT2D eigenvalue weighted by Crippen LogP contribution is -2.15. The first-order valence-corrected chi connectivity index (χ1v) is 5.78. The van der Waals surface area contributed by atoms with E-state index in [1.54, 1.807) is 0 Å². The van der Waals surface area contributed by atoms with Gasteiger partial charge in [-0.05, 0) is 34.8 Å². The maximum Gasteiger partial charge on any atom is 0.156 e. The summed E-state index contributed by atoms with van der Waals surface area (Å²) < 4.78 is 19.2. The number of rotatable bonds is 4. The summed E-state index contributed by atoms with van der Waals surface area (Å²) in [4.78, 5) is 0. The molecular formula is C11H15BrFNO. The molecule has 0 aliphatic heterocycles. The molecule has 0 saturated carbocycles. The topological polar surface area (TPSA) is 35.2 Å². The molecule has 84 valence electrons. The Hall–Kier alpha value is -0.770. The van der Waals surface area contributed by atoms with Gasteiger partial charge >= 0.3 is 0 Å². The lowest BCUT2D eigenvalue weighted by Gasteiger charge is -2.18. The Bertz CT molecular complexity index is 316. The van der Waals surface area contributed by atoms with Crippen molar-refractivity contribution in [3.05, 3.63) is 22.4 Å². The number of nitrogen functional groups attached to an aromatic ring is 1. The van der Waals surface area contributed by atoms with E-state index in [-0.39, 0.29) is 11.9 Å². The van der Waals surface area contributed by atoms with Crippen molar-refractivity contribution in [1.29, 1.82) is 0 Å². The maximum atomic E-state index is 12.9. The fraction of sp³-hybridized carbons (Fsp3) is 0.455. The summed E-state index contributed by atoms with van der Waals surface area (Å²) in [5.41, 5.74) is 6.01. The second kappa shape index (κ2) is 5.35. The quantitative estimate of drug-likeness (QED) is 0.850. The summed E-state index contributed by atoms with van der Waals surface area (Å²) in [6, 6.07) is 2.62. The predicted molar refractivity (Wildman–Crippen MR) is 63.5 cm³/mol. The highest BCUT2D eigenvalue weighted by Gasteiger charge is 2.12. The summed E-state index contributed by atoms with van der Waals surface area (Å²) in [5, 5.41) is 0. The fourth-order valence-corrected chi connectivity index (χ4v) is 1.87. The number of hydrogen-bond donors (Lipinski definition) is 1. The van der Waals surface area contributed by atoms with Gasteiger partial charge in [-0.25, -0.2) is 4.39 Å². The van der Waals surface area contributed by atoms with E-state index in [0.717, 1.165) is 12.8 Å². The molecule has 0 spiro atoms. The van der Waals surface area contributed by atoms with Crippen LogP contribution in [0.4, 0.5) is 10.1 Å².